The molecule has 1 aliphatic heterocycles. The Bertz CT molecular complexity index is 963. The lowest BCUT2D eigenvalue weighted by molar-refractivity contribution is -0.133. The molecule has 0 aliphatic carbocycles. The van der Waals surface area contributed by atoms with Crippen molar-refractivity contribution in [2.45, 2.75) is 12.8 Å². The Balaban J connectivity index is 1.48. The number of nitrogens with one attached hydrogen (secondary N) is 2. The number of para-hydroxylation sites is 2. The molecule has 9 heteroatoms. The van der Waals surface area contributed by atoms with Crippen molar-refractivity contribution in [3.05, 3.63) is 48.0 Å². The first-order chi connectivity index (χ1) is 15.4. The molecule has 0 radical (unpaired) electrons. The molecule has 2 aromatic carbocycles. The van der Waals surface area contributed by atoms with Crippen molar-refractivity contribution in [2.75, 3.05) is 39.2 Å². The minimum absolute atomic E-state index is 0.0119. The average molecular weight is 441 g/mol. The number of phenols is 1. The van der Waals surface area contributed by atoms with Crippen molar-refractivity contribution in [2.24, 2.45) is 5.92 Å². The van der Waals surface area contributed by atoms with E-state index in [0.29, 0.717) is 48.7 Å². The fraction of sp³-hybridized carbons (Fsp3) is 0.348. The van der Waals surface area contributed by atoms with Crippen LogP contribution < -0.4 is 20.1 Å². The summed E-state index contributed by atoms with van der Waals surface area (Å²) in [6, 6.07) is 11.3. The number of likely N-dealkylation sites (tertiary alicyclic amines) is 1. The van der Waals surface area contributed by atoms with Crippen LogP contribution in [-0.4, -0.2) is 61.6 Å². The number of hydrogen-bond acceptors (Lipinski definition) is 6. The molecule has 1 saturated heterocycles. The van der Waals surface area contributed by atoms with Crippen molar-refractivity contribution < 1.29 is 29.0 Å². The summed E-state index contributed by atoms with van der Waals surface area (Å²) in [5.41, 5.74) is 0.696. The van der Waals surface area contributed by atoms with Crippen molar-refractivity contribution in [3.8, 4) is 17.2 Å². The number of hydrogen-bond donors (Lipinski definition) is 3. The van der Waals surface area contributed by atoms with Crippen molar-refractivity contribution in [1.82, 2.24) is 10.2 Å². The summed E-state index contributed by atoms with van der Waals surface area (Å²) < 4.78 is 10.3. The van der Waals surface area contributed by atoms with Crippen LogP contribution in [0.4, 0.5) is 5.69 Å². The molecule has 1 fully saturated rings. The van der Waals surface area contributed by atoms with E-state index in [1.807, 2.05) is 0 Å². The highest BCUT2D eigenvalue weighted by Gasteiger charge is 2.28. The highest BCUT2D eigenvalue weighted by atomic mass is 16.5. The van der Waals surface area contributed by atoms with Crippen LogP contribution in [0.15, 0.2) is 42.5 Å². The summed E-state index contributed by atoms with van der Waals surface area (Å²) >= 11 is 0. The molecule has 170 valence electrons. The number of ether oxygens (including phenoxy) is 2. The lowest BCUT2D eigenvalue weighted by atomic mass is 9.95. The average Bonchev–Trinajstić information content (AvgIpc) is 2.83. The lowest BCUT2D eigenvalue weighted by Crippen LogP contribution is -2.45. The maximum Gasteiger partial charge on any atom is 0.251 e. The van der Waals surface area contributed by atoms with Gasteiger partial charge in [-0.3, -0.25) is 14.4 Å². The third kappa shape index (κ3) is 5.69. The number of phenolic OH excluding ortho intramolecular Hbond substituents is 1. The number of carbonyl (C=O) groups excluding carboxylic acids is 3. The largest absolute Gasteiger partial charge is 0.506 e. The number of anilines is 1. The number of rotatable bonds is 7. The monoisotopic (exact) mass is 441 g/mol. The van der Waals surface area contributed by atoms with Gasteiger partial charge in [0.15, 0.2) is 0 Å². The Labute approximate surface area is 186 Å². The summed E-state index contributed by atoms with van der Waals surface area (Å²) in [6.45, 7) is 0.689. The maximum absolute atomic E-state index is 12.5. The van der Waals surface area contributed by atoms with E-state index < -0.39 is 5.91 Å². The molecule has 3 N–H and O–H groups in total. The molecular formula is C23H27N3O6. The first kappa shape index (κ1) is 22.9. The highest BCUT2D eigenvalue weighted by Crippen LogP contribution is 2.25. The van der Waals surface area contributed by atoms with Crippen molar-refractivity contribution in [3.63, 3.8) is 0 Å². The second-order valence-corrected chi connectivity index (χ2v) is 7.45. The van der Waals surface area contributed by atoms with E-state index in [1.54, 1.807) is 41.3 Å². The van der Waals surface area contributed by atoms with E-state index >= 15 is 0 Å². The van der Waals surface area contributed by atoms with Gasteiger partial charge in [0.1, 0.15) is 17.2 Å². The van der Waals surface area contributed by atoms with E-state index in [1.165, 1.54) is 20.3 Å². The van der Waals surface area contributed by atoms with Crippen LogP contribution >= 0.6 is 0 Å². The van der Waals surface area contributed by atoms with Gasteiger partial charge in [-0.1, -0.05) is 12.1 Å². The SMILES string of the molecule is COc1cc(OC)cc(C(=O)NCC(=O)N2CCC(C(=O)Nc3ccccc3O)CC2)c1. The van der Waals surface area contributed by atoms with E-state index in [-0.39, 0.29) is 30.0 Å². The number of amides is 3. The molecule has 32 heavy (non-hydrogen) atoms. The zero-order valence-corrected chi connectivity index (χ0v) is 18.1. The van der Waals surface area contributed by atoms with Crippen LogP contribution in [0, 0.1) is 5.92 Å². The van der Waals surface area contributed by atoms with E-state index in [2.05, 4.69) is 10.6 Å². The smallest absolute Gasteiger partial charge is 0.251 e. The predicted molar refractivity (Wildman–Crippen MR) is 118 cm³/mol. The molecule has 3 amide bonds. The summed E-state index contributed by atoms with van der Waals surface area (Å²) in [5, 5.41) is 15.2. The van der Waals surface area contributed by atoms with Crippen molar-refractivity contribution in [1.29, 1.82) is 0 Å². The summed E-state index contributed by atoms with van der Waals surface area (Å²) in [7, 11) is 2.98. The number of methoxy groups -OCH3 is 2. The maximum atomic E-state index is 12.5. The van der Waals surface area contributed by atoms with Gasteiger partial charge in [-0.05, 0) is 37.1 Å². The molecular weight excluding hydrogens is 414 g/mol. The zero-order chi connectivity index (χ0) is 23.1. The molecule has 2 aromatic rings. The van der Waals surface area contributed by atoms with Gasteiger partial charge in [-0.25, -0.2) is 0 Å². The molecule has 0 unspecified atom stereocenters. The van der Waals surface area contributed by atoms with Gasteiger partial charge < -0.3 is 30.1 Å². The number of carbonyl (C=O) groups is 3. The minimum Gasteiger partial charge on any atom is -0.506 e. The molecule has 0 bridgehead atoms. The molecule has 9 nitrogen and oxygen atoms in total. The fourth-order valence-electron chi connectivity index (χ4n) is 3.51. The molecule has 3 rings (SSSR count). The third-order valence-electron chi connectivity index (χ3n) is 5.39. The third-order valence-corrected chi connectivity index (χ3v) is 5.39. The Morgan fingerprint density at radius 3 is 2.25 bits per heavy atom. The second-order valence-electron chi connectivity index (χ2n) is 7.45. The van der Waals surface area contributed by atoms with E-state index in [4.69, 9.17) is 9.47 Å². The zero-order valence-electron chi connectivity index (χ0n) is 18.1. The molecule has 1 heterocycles. The standard InChI is InChI=1S/C23H27N3O6/c1-31-17-11-16(12-18(13-17)32-2)22(29)24-14-21(28)26-9-7-15(8-10-26)23(30)25-19-5-3-4-6-20(19)27/h3-6,11-13,15,27H,7-10,14H2,1-2H3,(H,24,29)(H,25,30). The van der Waals surface area contributed by atoms with Gasteiger partial charge in [-0.15, -0.1) is 0 Å². The predicted octanol–water partition coefficient (Wildman–Crippen LogP) is 2.02. The molecule has 0 spiro atoms. The van der Waals surface area contributed by atoms with Crippen molar-refractivity contribution >= 4 is 23.4 Å². The fourth-order valence-corrected chi connectivity index (χ4v) is 3.51. The second kappa shape index (κ2) is 10.5. The number of aromatic hydroxyl groups is 1. The summed E-state index contributed by atoms with van der Waals surface area (Å²) in [4.78, 5) is 39.1. The number of benzene rings is 2. The normalized spacial score (nSPS) is 13.9. The number of nitrogens with zero attached hydrogens (tertiary/aromatic N) is 1. The van der Waals surface area contributed by atoms with Gasteiger partial charge in [0.2, 0.25) is 11.8 Å². The van der Waals surface area contributed by atoms with E-state index in [9.17, 15) is 19.5 Å². The van der Waals surface area contributed by atoms with E-state index in [0.717, 1.165) is 0 Å². The molecule has 0 aromatic heterocycles. The van der Waals surface area contributed by atoms with Crippen LogP contribution in [0.3, 0.4) is 0 Å². The molecule has 1 aliphatic rings. The van der Waals surface area contributed by atoms with Crippen LogP contribution in [0.2, 0.25) is 0 Å². The Morgan fingerprint density at radius 1 is 1.03 bits per heavy atom. The molecule has 0 atom stereocenters. The van der Waals surface area contributed by atoms with Crippen LogP contribution in [0.1, 0.15) is 23.2 Å². The van der Waals surface area contributed by atoms with Gasteiger partial charge in [0, 0.05) is 30.6 Å². The lowest BCUT2D eigenvalue weighted by Gasteiger charge is -2.31. The summed E-state index contributed by atoms with van der Waals surface area (Å²) in [5.74, 6) is -0.0931. The first-order valence-electron chi connectivity index (χ1n) is 10.3. The van der Waals surface area contributed by atoms with Crippen LogP contribution in [0.5, 0.6) is 17.2 Å². The Morgan fingerprint density at radius 2 is 1.66 bits per heavy atom. The minimum atomic E-state index is -0.410. The quantitative estimate of drug-likeness (QED) is 0.566. The topological polar surface area (TPSA) is 117 Å². The highest BCUT2D eigenvalue weighted by molar-refractivity contribution is 5.97. The first-order valence-corrected chi connectivity index (χ1v) is 10.3. The number of piperidine rings is 1. The van der Waals surface area contributed by atoms with Crippen LogP contribution in [0.25, 0.3) is 0 Å². The molecule has 0 saturated carbocycles. The Hall–Kier alpha value is -3.75. The van der Waals surface area contributed by atoms with Gasteiger partial charge in [0.25, 0.3) is 5.91 Å². The van der Waals surface area contributed by atoms with Gasteiger partial charge in [0.05, 0.1) is 26.5 Å². The van der Waals surface area contributed by atoms with Crippen LogP contribution in [-0.2, 0) is 9.59 Å². The summed E-state index contributed by atoms with van der Waals surface area (Å²) in [6.07, 6.45) is 1.01. The Kier molecular flexibility index (Phi) is 7.54. The van der Waals surface area contributed by atoms with Gasteiger partial charge >= 0.3 is 0 Å². The van der Waals surface area contributed by atoms with Gasteiger partial charge in [-0.2, -0.15) is 0 Å².